The number of hydrogen-bond donors (Lipinski definition) is 0. The summed E-state index contributed by atoms with van der Waals surface area (Å²) in [7, 11) is 1.11. The molecule has 0 fully saturated rings. The molecule has 0 radical (unpaired) electrons. The van der Waals surface area contributed by atoms with Gasteiger partial charge in [0.2, 0.25) is 0 Å². The molecule has 0 N–H and O–H groups in total. The summed E-state index contributed by atoms with van der Waals surface area (Å²) in [6.45, 7) is 1.75. The Hall–Kier alpha value is -1.96. The summed E-state index contributed by atoms with van der Waals surface area (Å²) >= 11 is 0. The molecule has 0 aliphatic rings. The lowest BCUT2D eigenvalue weighted by Crippen LogP contribution is -2.08. The normalized spacial score (nSPS) is 10.1. The molecule has 90 valence electrons. The highest BCUT2D eigenvalue weighted by molar-refractivity contribution is 5.91. The van der Waals surface area contributed by atoms with Crippen LogP contribution in [0.1, 0.15) is 40.4 Å². The number of halogens is 2. The van der Waals surface area contributed by atoms with Crippen LogP contribution in [0.4, 0.5) is 8.78 Å². The molecule has 5 heteroatoms. The standard InChI is InChI=1S/C12H11F2NO2/c1-3-7-4-9(11(13)14)10(12(16)17-2)5-8(7)6-15/h4-5,11H,3H2,1-2H3. The van der Waals surface area contributed by atoms with Gasteiger partial charge in [-0.05, 0) is 24.1 Å². The molecular formula is C12H11F2NO2. The zero-order valence-electron chi connectivity index (χ0n) is 9.46. The highest BCUT2D eigenvalue weighted by atomic mass is 19.3. The predicted molar refractivity (Wildman–Crippen MR) is 56.8 cm³/mol. The molecule has 17 heavy (non-hydrogen) atoms. The summed E-state index contributed by atoms with van der Waals surface area (Å²) in [5, 5.41) is 8.87. The van der Waals surface area contributed by atoms with Crippen molar-refractivity contribution in [2.75, 3.05) is 7.11 Å². The molecule has 1 rings (SSSR count). The number of carbonyl (C=O) groups is 1. The Labute approximate surface area is 97.6 Å². The van der Waals surface area contributed by atoms with E-state index in [0.717, 1.165) is 13.2 Å². The summed E-state index contributed by atoms with van der Waals surface area (Å²) in [5.41, 5.74) is 0.0664. The highest BCUT2D eigenvalue weighted by Gasteiger charge is 2.21. The predicted octanol–water partition coefficient (Wildman–Crippen LogP) is 2.84. The minimum atomic E-state index is -2.78. The zero-order chi connectivity index (χ0) is 13.0. The molecule has 1 aromatic rings. The molecule has 0 bridgehead atoms. The van der Waals surface area contributed by atoms with E-state index in [1.54, 1.807) is 6.92 Å². The van der Waals surface area contributed by atoms with Crippen LogP contribution in [0.5, 0.6) is 0 Å². The molecule has 0 heterocycles. The van der Waals surface area contributed by atoms with Crippen molar-refractivity contribution in [1.82, 2.24) is 0 Å². The van der Waals surface area contributed by atoms with E-state index in [9.17, 15) is 13.6 Å². The largest absolute Gasteiger partial charge is 0.465 e. The quantitative estimate of drug-likeness (QED) is 0.762. The number of ether oxygens (including phenoxy) is 1. The van der Waals surface area contributed by atoms with Crippen LogP contribution in [0.3, 0.4) is 0 Å². The minimum Gasteiger partial charge on any atom is -0.465 e. The number of aryl methyl sites for hydroxylation is 1. The van der Waals surface area contributed by atoms with Gasteiger partial charge in [-0.25, -0.2) is 13.6 Å². The number of carbonyl (C=O) groups excluding carboxylic acids is 1. The van der Waals surface area contributed by atoms with E-state index in [2.05, 4.69) is 4.74 Å². The van der Waals surface area contributed by atoms with Crippen LogP contribution in [0.2, 0.25) is 0 Å². The average molecular weight is 239 g/mol. The molecule has 1 aromatic carbocycles. The third kappa shape index (κ3) is 2.59. The Balaban J connectivity index is 3.47. The van der Waals surface area contributed by atoms with Gasteiger partial charge in [0.15, 0.2) is 0 Å². The third-order valence-corrected chi connectivity index (χ3v) is 2.42. The first-order valence-electron chi connectivity index (χ1n) is 4.98. The van der Waals surface area contributed by atoms with Crippen molar-refractivity contribution in [3.05, 3.63) is 34.4 Å². The molecule has 0 aromatic heterocycles. The van der Waals surface area contributed by atoms with Crippen molar-refractivity contribution in [2.45, 2.75) is 19.8 Å². The number of benzene rings is 1. The van der Waals surface area contributed by atoms with Gasteiger partial charge in [0.1, 0.15) is 0 Å². The number of rotatable bonds is 3. The van der Waals surface area contributed by atoms with E-state index in [0.29, 0.717) is 12.0 Å². The maximum atomic E-state index is 12.8. The maximum Gasteiger partial charge on any atom is 0.338 e. The van der Waals surface area contributed by atoms with E-state index in [4.69, 9.17) is 5.26 Å². The fourth-order valence-corrected chi connectivity index (χ4v) is 1.53. The highest BCUT2D eigenvalue weighted by Crippen LogP contribution is 2.27. The number of nitriles is 1. The van der Waals surface area contributed by atoms with Crippen LogP contribution in [0.15, 0.2) is 12.1 Å². The van der Waals surface area contributed by atoms with E-state index < -0.39 is 18.0 Å². The fraction of sp³-hybridized carbons (Fsp3) is 0.333. The summed E-state index contributed by atoms with van der Waals surface area (Å²) < 4.78 is 30.0. The topological polar surface area (TPSA) is 50.1 Å². The van der Waals surface area contributed by atoms with Crippen molar-refractivity contribution in [2.24, 2.45) is 0 Å². The van der Waals surface area contributed by atoms with Crippen LogP contribution >= 0.6 is 0 Å². The minimum absolute atomic E-state index is 0.220. The second kappa shape index (κ2) is 5.39. The molecule has 0 saturated heterocycles. The van der Waals surface area contributed by atoms with Crippen molar-refractivity contribution < 1.29 is 18.3 Å². The van der Waals surface area contributed by atoms with Crippen molar-refractivity contribution in [3.8, 4) is 6.07 Å². The van der Waals surface area contributed by atoms with Gasteiger partial charge in [0, 0.05) is 5.56 Å². The van der Waals surface area contributed by atoms with Gasteiger partial charge < -0.3 is 4.74 Å². The molecular weight excluding hydrogens is 228 g/mol. The third-order valence-electron chi connectivity index (χ3n) is 2.42. The molecule has 3 nitrogen and oxygen atoms in total. The Morgan fingerprint density at radius 1 is 1.53 bits per heavy atom. The molecule has 0 spiro atoms. The summed E-state index contributed by atoms with van der Waals surface area (Å²) in [6, 6.07) is 4.23. The van der Waals surface area contributed by atoms with E-state index in [1.807, 2.05) is 6.07 Å². The van der Waals surface area contributed by atoms with Gasteiger partial charge >= 0.3 is 5.97 Å². The average Bonchev–Trinajstić information content (AvgIpc) is 2.35. The first-order valence-corrected chi connectivity index (χ1v) is 4.98. The number of alkyl halides is 2. The van der Waals surface area contributed by atoms with Gasteiger partial charge in [-0.2, -0.15) is 5.26 Å². The molecule has 0 atom stereocenters. The summed E-state index contributed by atoms with van der Waals surface area (Å²) in [4.78, 5) is 11.3. The first-order chi connectivity index (χ1) is 8.04. The Kier molecular flexibility index (Phi) is 4.16. The van der Waals surface area contributed by atoms with Gasteiger partial charge in [0.25, 0.3) is 6.43 Å². The molecule has 0 saturated carbocycles. The van der Waals surface area contributed by atoms with E-state index >= 15 is 0 Å². The van der Waals surface area contributed by atoms with Crippen LogP contribution in [-0.4, -0.2) is 13.1 Å². The second-order valence-corrected chi connectivity index (χ2v) is 3.35. The van der Waals surface area contributed by atoms with Crippen molar-refractivity contribution in [1.29, 1.82) is 5.26 Å². The smallest absolute Gasteiger partial charge is 0.338 e. The number of nitrogens with zero attached hydrogens (tertiary/aromatic N) is 1. The molecule has 0 amide bonds. The lowest BCUT2D eigenvalue weighted by molar-refractivity contribution is 0.0589. The molecule has 0 unspecified atom stereocenters. The zero-order valence-corrected chi connectivity index (χ0v) is 9.46. The molecule has 0 aliphatic carbocycles. The van der Waals surface area contributed by atoms with Gasteiger partial charge in [-0.15, -0.1) is 0 Å². The lowest BCUT2D eigenvalue weighted by atomic mass is 9.97. The first kappa shape index (κ1) is 13.1. The maximum absolute atomic E-state index is 12.8. The number of hydrogen-bond acceptors (Lipinski definition) is 3. The second-order valence-electron chi connectivity index (χ2n) is 3.35. The summed E-state index contributed by atoms with van der Waals surface area (Å²) in [6.07, 6.45) is -2.33. The fourth-order valence-electron chi connectivity index (χ4n) is 1.53. The Morgan fingerprint density at radius 3 is 2.59 bits per heavy atom. The van der Waals surface area contributed by atoms with Gasteiger partial charge in [0.05, 0.1) is 24.3 Å². The van der Waals surface area contributed by atoms with Gasteiger partial charge in [-0.3, -0.25) is 0 Å². The SMILES string of the molecule is CCc1cc(C(F)F)c(C(=O)OC)cc1C#N. The Bertz CT molecular complexity index is 478. The van der Waals surface area contributed by atoms with Crippen LogP contribution in [-0.2, 0) is 11.2 Å². The molecule has 0 aliphatic heterocycles. The lowest BCUT2D eigenvalue weighted by Gasteiger charge is -2.10. The number of methoxy groups -OCH3 is 1. The van der Waals surface area contributed by atoms with Gasteiger partial charge in [-0.1, -0.05) is 6.92 Å². The van der Waals surface area contributed by atoms with Crippen LogP contribution in [0, 0.1) is 11.3 Å². The summed E-state index contributed by atoms with van der Waals surface area (Å²) in [5.74, 6) is -0.862. The Morgan fingerprint density at radius 2 is 2.18 bits per heavy atom. The van der Waals surface area contributed by atoms with Crippen LogP contribution in [0.25, 0.3) is 0 Å². The van der Waals surface area contributed by atoms with Crippen molar-refractivity contribution in [3.63, 3.8) is 0 Å². The van der Waals surface area contributed by atoms with Crippen molar-refractivity contribution >= 4 is 5.97 Å². The van der Waals surface area contributed by atoms with Crippen LogP contribution < -0.4 is 0 Å². The monoisotopic (exact) mass is 239 g/mol. The number of esters is 1. The van der Waals surface area contributed by atoms with E-state index in [1.165, 1.54) is 6.07 Å². The van der Waals surface area contributed by atoms with E-state index in [-0.39, 0.29) is 11.1 Å².